The molecule has 0 fully saturated rings. The Kier molecular flexibility index (Phi) is 3.80. The molecule has 104 valence electrons. The van der Waals surface area contributed by atoms with Crippen LogP contribution < -0.4 is 4.74 Å². The molecule has 8 heteroatoms. The van der Waals surface area contributed by atoms with Crippen LogP contribution in [0.15, 0.2) is 18.2 Å². The van der Waals surface area contributed by atoms with Gasteiger partial charge in [-0.25, -0.2) is 14.4 Å². The molecule has 0 spiro atoms. The van der Waals surface area contributed by atoms with Crippen LogP contribution in [0.4, 0.5) is 10.1 Å². The number of nitrogens with zero attached hydrogens (tertiary/aromatic N) is 3. The van der Waals surface area contributed by atoms with E-state index < -0.39 is 10.7 Å². The number of halogens is 2. The molecule has 0 saturated carbocycles. The highest BCUT2D eigenvalue weighted by Crippen LogP contribution is 2.36. The van der Waals surface area contributed by atoms with Gasteiger partial charge in [0.05, 0.1) is 17.6 Å². The first kappa shape index (κ1) is 14.1. The summed E-state index contributed by atoms with van der Waals surface area (Å²) in [7, 11) is 1.37. The minimum atomic E-state index is -0.634. The molecule has 0 aliphatic heterocycles. The highest BCUT2D eigenvalue weighted by Gasteiger charge is 2.25. The van der Waals surface area contributed by atoms with E-state index in [4.69, 9.17) is 16.3 Å². The molecule has 2 aromatic rings. The van der Waals surface area contributed by atoms with E-state index in [0.717, 1.165) is 6.07 Å². The summed E-state index contributed by atoms with van der Waals surface area (Å²) in [4.78, 5) is 18.1. The van der Waals surface area contributed by atoms with E-state index in [1.165, 1.54) is 26.2 Å². The van der Waals surface area contributed by atoms with Crippen molar-refractivity contribution in [1.82, 2.24) is 9.97 Å². The minimum absolute atomic E-state index is 0.0798. The van der Waals surface area contributed by atoms with Gasteiger partial charge >= 0.3 is 5.69 Å². The summed E-state index contributed by atoms with van der Waals surface area (Å²) in [5, 5.41) is 11.0. The van der Waals surface area contributed by atoms with Gasteiger partial charge in [-0.05, 0) is 36.7 Å². The Morgan fingerprint density at radius 1 is 1.40 bits per heavy atom. The first-order chi connectivity index (χ1) is 9.43. The van der Waals surface area contributed by atoms with E-state index in [-0.39, 0.29) is 33.7 Å². The molecular formula is C12H9ClFN3O3. The van der Waals surface area contributed by atoms with Gasteiger partial charge in [0.25, 0.3) is 0 Å². The van der Waals surface area contributed by atoms with E-state index in [1.54, 1.807) is 0 Å². The summed E-state index contributed by atoms with van der Waals surface area (Å²) in [6, 6.07) is 3.65. The topological polar surface area (TPSA) is 78.2 Å². The predicted octanol–water partition coefficient (Wildman–Crippen LogP) is 3.16. The summed E-state index contributed by atoms with van der Waals surface area (Å²) < 4.78 is 18.5. The van der Waals surface area contributed by atoms with Crippen molar-refractivity contribution in [3.8, 4) is 17.0 Å². The van der Waals surface area contributed by atoms with E-state index in [2.05, 4.69) is 9.97 Å². The molecule has 0 bridgehead atoms. The van der Waals surface area contributed by atoms with Gasteiger partial charge in [-0.15, -0.1) is 0 Å². The molecule has 0 saturated heterocycles. The Morgan fingerprint density at radius 3 is 2.70 bits per heavy atom. The molecule has 1 heterocycles. The van der Waals surface area contributed by atoms with Crippen molar-refractivity contribution < 1.29 is 14.1 Å². The first-order valence-corrected chi connectivity index (χ1v) is 5.84. The Bertz CT molecular complexity index is 694. The van der Waals surface area contributed by atoms with Crippen molar-refractivity contribution in [3.63, 3.8) is 0 Å². The summed E-state index contributed by atoms with van der Waals surface area (Å²) in [6.07, 6.45) is 0. The highest BCUT2D eigenvalue weighted by molar-refractivity contribution is 6.28. The number of ether oxygens (including phenoxy) is 1. The molecule has 0 N–H and O–H groups in total. The second-order valence-electron chi connectivity index (χ2n) is 3.88. The number of aromatic nitrogens is 2. The highest BCUT2D eigenvalue weighted by atomic mass is 35.5. The van der Waals surface area contributed by atoms with Crippen molar-refractivity contribution in [3.05, 3.63) is 45.1 Å². The van der Waals surface area contributed by atoms with Gasteiger partial charge in [0.2, 0.25) is 5.28 Å². The molecule has 1 aromatic heterocycles. The van der Waals surface area contributed by atoms with E-state index in [1.807, 2.05) is 0 Å². The Morgan fingerprint density at radius 2 is 2.10 bits per heavy atom. The third-order valence-corrected chi connectivity index (χ3v) is 2.80. The lowest BCUT2D eigenvalue weighted by atomic mass is 10.1. The van der Waals surface area contributed by atoms with E-state index in [9.17, 15) is 14.5 Å². The largest absolute Gasteiger partial charge is 0.496 e. The zero-order valence-electron chi connectivity index (χ0n) is 10.6. The van der Waals surface area contributed by atoms with Gasteiger partial charge in [0, 0.05) is 0 Å². The number of nitro groups is 1. The van der Waals surface area contributed by atoms with E-state index in [0.29, 0.717) is 0 Å². The fraction of sp³-hybridized carbons (Fsp3) is 0.167. The standard InChI is InChI=1S/C12H9ClFN3O3/c1-6-11(17(18)19)10(16-12(13)15-6)8-5-7(14)3-4-9(8)20-2/h3-5H,1-2H3. The lowest BCUT2D eigenvalue weighted by Gasteiger charge is -2.09. The summed E-state index contributed by atoms with van der Waals surface area (Å²) in [5.74, 6) is -0.314. The Hall–Kier alpha value is -2.28. The maximum absolute atomic E-state index is 13.4. The number of aryl methyl sites for hydroxylation is 1. The molecule has 0 aliphatic carbocycles. The van der Waals surface area contributed by atoms with Gasteiger partial charge in [-0.2, -0.15) is 0 Å². The van der Waals surface area contributed by atoms with Crippen LogP contribution in [0, 0.1) is 22.9 Å². The van der Waals surface area contributed by atoms with Crippen LogP contribution in [0.1, 0.15) is 5.69 Å². The Labute approximate surface area is 118 Å². The third kappa shape index (κ3) is 2.53. The zero-order chi connectivity index (χ0) is 14.9. The molecule has 6 nitrogen and oxygen atoms in total. The average Bonchev–Trinajstić information content (AvgIpc) is 2.37. The normalized spacial score (nSPS) is 10.4. The second-order valence-corrected chi connectivity index (χ2v) is 4.22. The fourth-order valence-electron chi connectivity index (χ4n) is 1.80. The summed E-state index contributed by atoms with van der Waals surface area (Å²) >= 11 is 5.73. The van der Waals surface area contributed by atoms with Crippen LogP contribution in [0.3, 0.4) is 0 Å². The van der Waals surface area contributed by atoms with Crippen molar-refractivity contribution >= 4 is 17.3 Å². The minimum Gasteiger partial charge on any atom is -0.496 e. The number of benzene rings is 1. The molecule has 0 radical (unpaired) electrons. The van der Waals surface area contributed by atoms with Crippen LogP contribution in [0.25, 0.3) is 11.3 Å². The monoisotopic (exact) mass is 297 g/mol. The average molecular weight is 298 g/mol. The van der Waals surface area contributed by atoms with Gasteiger partial charge in [0.15, 0.2) is 5.69 Å². The lowest BCUT2D eigenvalue weighted by Crippen LogP contribution is -2.02. The van der Waals surface area contributed by atoms with Crippen LogP contribution >= 0.6 is 11.6 Å². The summed E-state index contributed by atoms with van der Waals surface area (Å²) in [5.41, 5.74) is -0.176. The van der Waals surface area contributed by atoms with Crippen LogP contribution in [-0.4, -0.2) is 22.0 Å². The molecule has 0 aliphatic rings. The fourth-order valence-corrected chi connectivity index (χ4v) is 2.02. The number of hydrogen-bond acceptors (Lipinski definition) is 5. The third-order valence-electron chi connectivity index (χ3n) is 2.63. The second kappa shape index (κ2) is 5.38. The molecule has 1 aromatic carbocycles. The molecule has 0 amide bonds. The van der Waals surface area contributed by atoms with Gasteiger partial charge in [0.1, 0.15) is 17.3 Å². The van der Waals surface area contributed by atoms with Crippen molar-refractivity contribution in [2.75, 3.05) is 7.11 Å². The van der Waals surface area contributed by atoms with Crippen molar-refractivity contribution in [2.24, 2.45) is 0 Å². The number of methoxy groups -OCH3 is 1. The quantitative estimate of drug-likeness (QED) is 0.494. The van der Waals surface area contributed by atoms with Gasteiger partial charge in [-0.3, -0.25) is 10.1 Å². The van der Waals surface area contributed by atoms with Crippen molar-refractivity contribution in [2.45, 2.75) is 6.92 Å². The first-order valence-electron chi connectivity index (χ1n) is 5.46. The van der Waals surface area contributed by atoms with Crippen LogP contribution in [-0.2, 0) is 0 Å². The van der Waals surface area contributed by atoms with Gasteiger partial charge < -0.3 is 4.74 Å². The molecule has 20 heavy (non-hydrogen) atoms. The maximum Gasteiger partial charge on any atom is 0.316 e. The number of rotatable bonds is 3. The van der Waals surface area contributed by atoms with Gasteiger partial charge in [-0.1, -0.05) is 0 Å². The molecule has 0 unspecified atom stereocenters. The molecule has 0 atom stereocenters. The zero-order valence-corrected chi connectivity index (χ0v) is 11.3. The van der Waals surface area contributed by atoms with Crippen LogP contribution in [0.5, 0.6) is 5.75 Å². The number of hydrogen-bond donors (Lipinski definition) is 0. The predicted molar refractivity (Wildman–Crippen MR) is 70.4 cm³/mol. The smallest absolute Gasteiger partial charge is 0.316 e. The Balaban J connectivity index is 2.81. The lowest BCUT2D eigenvalue weighted by molar-refractivity contribution is -0.385. The summed E-state index contributed by atoms with van der Waals surface area (Å²) in [6.45, 7) is 1.43. The maximum atomic E-state index is 13.4. The molecular weight excluding hydrogens is 289 g/mol. The molecule has 2 rings (SSSR count). The van der Waals surface area contributed by atoms with E-state index >= 15 is 0 Å². The SMILES string of the molecule is COc1ccc(F)cc1-c1nc(Cl)nc(C)c1[N+](=O)[O-]. The van der Waals surface area contributed by atoms with Crippen LogP contribution in [0.2, 0.25) is 5.28 Å². The van der Waals surface area contributed by atoms with Crippen molar-refractivity contribution in [1.29, 1.82) is 0 Å².